The van der Waals surface area contributed by atoms with Gasteiger partial charge in [0, 0.05) is 12.3 Å². The largest absolute Gasteiger partial charge is 0.419 e. The molecule has 0 spiro atoms. The molecule has 1 heterocycles. The van der Waals surface area contributed by atoms with E-state index in [-0.39, 0.29) is 16.4 Å². The molecular weight excluding hydrogens is 284 g/mol. The summed E-state index contributed by atoms with van der Waals surface area (Å²) < 4.78 is 22.7. The normalized spacial score (nSPS) is 12.2. The highest BCUT2D eigenvalue weighted by Crippen LogP contribution is 2.22. The zero-order valence-electron chi connectivity index (χ0n) is 11.3. The Morgan fingerprint density at radius 3 is 2.20 bits per heavy atom. The van der Waals surface area contributed by atoms with E-state index in [1.165, 1.54) is 26.2 Å². The monoisotopic (exact) mass is 300 g/mol. The Bertz CT molecular complexity index is 667. The van der Waals surface area contributed by atoms with Crippen LogP contribution < -0.4 is 16.0 Å². The third-order valence-electron chi connectivity index (χ3n) is 2.62. The van der Waals surface area contributed by atoms with Crippen LogP contribution in [0.1, 0.15) is 5.56 Å². The number of carbonyl (C=O) groups is 2. The molecule has 8 nitrogen and oxygen atoms in total. The summed E-state index contributed by atoms with van der Waals surface area (Å²) in [4.78, 5) is 26.3. The van der Waals surface area contributed by atoms with Crippen LogP contribution >= 0.6 is 0 Å². The van der Waals surface area contributed by atoms with E-state index in [1.807, 2.05) is 0 Å². The van der Waals surface area contributed by atoms with Crippen molar-refractivity contribution >= 4 is 27.6 Å². The minimum Gasteiger partial charge on any atom is -0.369 e. The fraction of sp³-hybridized carbons (Fsp3) is 0.273. The van der Waals surface area contributed by atoms with Crippen LogP contribution in [0.4, 0.5) is 10.6 Å². The first-order chi connectivity index (χ1) is 8.94. The van der Waals surface area contributed by atoms with Crippen molar-refractivity contribution in [1.82, 2.24) is 9.47 Å². The number of quaternary nitrogens is 1. The number of pyridine rings is 1. The summed E-state index contributed by atoms with van der Waals surface area (Å²) in [5.74, 6) is -0.654. The van der Waals surface area contributed by atoms with Gasteiger partial charge in [0.2, 0.25) is 11.7 Å². The van der Waals surface area contributed by atoms with Gasteiger partial charge in [0.05, 0.1) is 20.5 Å². The van der Waals surface area contributed by atoms with E-state index >= 15 is 0 Å². The van der Waals surface area contributed by atoms with Crippen molar-refractivity contribution in [3.8, 4) is 0 Å². The Hall–Kier alpha value is -2.00. The van der Waals surface area contributed by atoms with Crippen LogP contribution in [0.15, 0.2) is 17.2 Å². The number of nitrogens with two attached hydrogens (primary N) is 2. The fourth-order valence-electron chi connectivity index (χ4n) is 1.35. The number of primary amides is 2. The molecule has 4 N–H and O–H groups in total. The van der Waals surface area contributed by atoms with Gasteiger partial charge in [0.25, 0.3) is 0 Å². The predicted octanol–water partition coefficient (Wildman–Crippen LogP) is -0.832. The van der Waals surface area contributed by atoms with Gasteiger partial charge in [-0.05, 0) is 11.6 Å². The van der Waals surface area contributed by atoms with Gasteiger partial charge < -0.3 is 11.5 Å². The molecule has 1 aromatic rings. The maximum absolute atomic E-state index is 11.6. The molecule has 3 amide bonds. The molecule has 0 aromatic carbocycles. The topological polar surface area (TPSA) is 133 Å². The van der Waals surface area contributed by atoms with E-state index in [2.05, 4.69) is 4.98 Å². The predicted molar refractivity (Wildman–Crippen MR) is 73.2 cm³/mol. The number of sulfone groups is 1. The fourth-order valence-corrected chi connectivity index (χ4v) is 1.96. The molecule has 0 fully saturated rings. The van der Waals surface area contributed by atoms with E-state index in [0.717, 1.165) is 12.7 Å². The summed E-state index contributed by atoms with van der Waals surface area (Å²) in [6, 6.07) is 1.85. The third-order valence-corrected chi connectivity index (χ3v) is 3.59. The molecule has 0 unspecified atom stereocenters. The molecule has 0 atom stereocenters. The molecule has 0 saturated heterocycles. The number of carbonyl (C=O) groups excluding carboxylic acids is 2. The van der Waals surface area contributed by atoms with Gasteiger partial charge in [-0.15, -0.1) is 0 Å². The summed E-state index contributed by atoms with van der Waals surface area (Å²) in [6.45, 7) is 0. The number of hydrogen-bond acceptors (Lipinski definition) is 5. The molecule has 1 aromatic heterocycles. The third kappa shape index (κ3) is 3.52. The van der Waals surface area contributed by atoms with Gasteiger partial charge in [-0.25, -0.2) is 13.2 Å². The minimum absolute atomic E-state index is 0.0907. The zero-order chi connectivity index (χ0) is 15.7. The van der Waals surface area contributed by atoms with Crippen molar-refractivity contribution in [3.05, 3.63) is 24.1 Å². The smallest absolute Gasteiger partial charge is 0.369 e. The van der Waals surface area contributed by atoms with Gasteiger partial charge in [-0.3, -0.25) is 4.79 Å². The average Bonchev–Trinajstić information content (AvgIpc) is 2.26. The minimum atomic E-state index is -3.61. The van der Waals surface area contributed by atoms with Crippen LogP contribution in [0.3, 0.4) is 0 Å². The Labute approximate surface area is 116 Å². The molecule has 20 heavy (non-hydrogen) atoms. The number of amides is 3. The Morgan fingerprint density at radius 2 is 1.80 bits per heavy atom. The molecule has 0 aliphatic rings. The zero-order valence-corrected chi connectivity index (χ0v) is 12.1. The summed E-state index contributed by atoms with van der Waals surface area (Å²) in [5, 5.41) is -0.269. The van der Waals surface area contributed by atoms with E-state index < -0.39 is 26.3 Å². The lowest BCUT2D eigenvalue weighted by Crippen LogP contribution is -2.50. The highest BCUT2D eigenvalue weighted by Gasteiger charge is 2.30. The Kier molecular flexibility index (Phi) is 4.15. The molecule has 0 aliphatic carbocycles. The number of rotatable bonds is 4. The SMILES string of the molecule is C[N+](C)(C(N)=O)c1cc([CH]C(N)=O)cc(S(C)(=O)=O)n1. The van der Waals surface area contributed by atoms with Gasteiger partial charge in [0.15, 0.2) is 14.9 Å². The summed E-state index contributed by atoms with van der Waals surface area (Å²) in [7, 11) is -0.717. The molecule has 0 aliphatic heterocycles. The van der Waals surface area contributed by atoms with Gasteiger partial charge in [0.1, 0.15) is 0 Å². The van der Waals surface area contributed by atoms with Crippen molar-refractivity contribution in [1.29, 1.82) is 0 Å². The van der Waals surface area contributed by atoms with Crippen molar-refractivity contribution in [2.75, 3.05) is 20.4 Å². The molecule has 109 valence electrons. The lowest BCUT2D eigenvalue weighted by atomic mass is 10.2. The van der Waals surface area contributed by atoms with E-state index in [4.69, 9.17) is 11.5 Å². The molecule has 1 rings (SSSR count). The standard InChI is InChI=1S/C11H15N4O4S/c1-15(2,11(13)17)9-5-7(4-8(12)16)6-10(14-9)20(3,18)19/h4-6H,1-3H3,(H3-,12,13,16,17)/p+1. The van der Waals surface area contributed by atoms with Crippen LogP contribution in [-0.2, 0) is 14.6 Å². The van der Waals surface area contributed by atoms with E-state index in [0.29, 0.717) is 0 Å². The summed E-state index contributed by atoms with van der Waals surface area (Å²) in [6.07, 6.45) is 2.01. The van der Waals surface area contributed by atoms with Crippen LogP contribution in [0.2, 0.25) is 0 Å². The van der Waals surface area contributed by atoms with Gasteiger partial charge in [-0.2, -0.15) is 9.47 Å². The second kappa shape index (κ2) is 5.17. The van der Waals surface area contributed by atoms with Crippen molar-refractivity contribution in [2.24, 2.45) is 11.5 Å². The van der Waals surface area contributed by atoms with Crippen LogP contribution in [-0.4, -0.2) is 45.7 Å². The van der Waals surface area contributed by atoms with Crippen molar-refractivity contribution in [2.45, 2.75) is 5.03 Å². The van der Waals surface area contributed by atoms with Crippen LogP contribution in [0.5, 0.6) is 0 Å². The molecule has 1 radical (unpaired) electrons. The summed E-state index contributed by atoms with van der Waals surface area (Å²) >= 11 is 0. The number of hydrogen-bond donors (Lipinski definition) is 2. The second-order valence-corrected chi connectivity index (χ2v) is 6.67. The molecular formula is C11H16N4O4S+. The lowest BCUT2D eigenvalue weighted by molar-refractivity contribution is -0.114. The highest BCUT2D eigenvalue weighted by molar-refractivity contribution is 7.90. The average molecular weight is 300 g/mol. The van der Waals surface area contributed by atoms with Crippen LogP contribution in [0, 0.1) is 6.42 Å². The highest BCUT2D eigenvalue weighted by atomic mass is 32.2. The molecule has 0 saturated carbocycles. The second-order valence-electron chi connectivity index (χ2n) is 4.71. The quantitative estimate of drug-likeness (QED) is 0.700. The maximum atomic E-state index is 11.6. The van der Waals surface area contributed by atoms with Crippen LogP contribution in [0.25, 0.3) is 0 Å². The number of aromatic nitrogens is 1. The van der Waals surface area contributed by atoms with Crippen molar-refractivity contribution < 1.29 is 18.0 Å². The first-order valence-corrected chi connectivity index (χ1v) is 7.34. The Balaban J connectivity index is 3.53. The van der Waals surface area contributed by atoms with Gasteiger partial charge >= 0.3 is 6.03 Å². The maximum Gasteiger partial charge on any atom is 0.419 e. The van der Waals surface area contributed by atoms with E-state index in [9.17, 15) is 18.0 Å². The lowest BCUT2D eigenvalue weighted by Gasteiger charge is -2.23. The van der Waals surface area contributed by atoms with E-state index in [1.54, 1.807) is 0 Å². The number of urea groups is 1. The molecule has 0 bridgehead atoms. The number of nitrogens with zero attached hydrogens (tertiary/aromatic N) is 2. The first kappa shape index (κ1) is 16.1. The first-order valence-electron chi connectivity index (χ1n) is 5.45. The molecule has 9 heteroatoms. The summed E-state index contributed by atoms with van der Waals surface area (Å²) in [5.41, 5.74) is 10.5. The van der Waals surface area contributed by atoms with Gasteiger partial charge in [-0.1, -0.05) is 0 Å². The Morgan fingerprint density at radius 1 is 1.25 bits per heavy atom. The van der Waals surface area contributed by atoms with Crippen molar-refractivity contribution in [3.63, 3.8) is 0 Å².